The second kappa shape index (κ2) is 7.68. The van der Waals surface area contributed by atoms with E-state index in [9.17, 15) is 9.18 Å². The number of nitrogens with zero attached hydrogens (tertiary/aromatic N) is 1. The molecular formula is C22H22FN3O. The van der Waals surface area contributed by atoms with Crippen LogP contribution in [0.15, 0.2) is 54.7 Å². The van der Waals surface area contributed by atoms with E-state index >= 15 is 0 Å². The maximum absolute atomic E-state index is 14.2. The molecule has 0 bridgehead atoms. The molecule has 0 atom stereocenters. The maximum Gasteiger partial charge on any atom is 0.168 e. The van der Waals surface area contributed by atoms with E-state index in [-0.39, 0.29) is 17.3 Å². The van der Waals surface area contributed by atoms with Crippen LogP contribution in [0, 0.1) is 11.7 Å². The number of hydrogen-bond donors (Lipinski definition) is 2. The number of halogens is 1. The average Bonchev–Trinajstić information content (AvgIpc) is 2.68. The minimum absolute atomic E-state index is 0.0825. The molecule has 0 aliphatic rings. The van der Waals surface area contributed by atoms with Gasteiger partial charge in [0.25, 0.3) is 0 Å². The Hall–Kier alpha value is -3.05. The number of anilines is 1. The van der Waals surface area contributed by atoms with Crippen LogP contribution in [0.1, 0.15) is 29.8 Å². The Labute approximate surface area is 158 Å². The number of nitrogens with two attached hydrogens (primary N) is 2. The largest absolute Gasteiger partial charge is 0.398 e. The fourth-order valence-electron chi connectivity index (χ4n) is 2.99. The first-order chi connectivity index (χ1) is 12.9. The summed E-state index contributed by atoms with van der Waals surface area (Å²) in [5.41, 5.74) is 16.4. The van der Waals surface area contributed by atoms with E-state index in [2.05, 4.69) is 4.98 Å². The number of rotatable bonds is 5. The molecule has 2 aromatic carbocycles. The van der Waals surface area contributed by atoms with Crippen molar-refractivity contribution < 1.29 is 9.18 Å². The molecule has 0 aliphatic heterocycles. The number of Topliss-reactive ketones (excluding diaryl/α,β-unsaturated/α-hetero) is 1. The molecule has 0 saturated carbocycles. The standard InChI is InChI=1S/C22H22FN3O/c1-13(2)22(27)18-11-15(5-7-19(18)23)21-17(4-3-9-26-21)14-6-8-20(25)16(10-14)12-24/h3-11,13H,12,24-25H2,1-2H3. The molecule has 0 aliphatic carbocycles. The molecule has 0 saturated heterocycles. The molecule has 0 unspecified atom stereocenters. The summed E-state index contributed by atoms with van der Waals surface area (Å²) in [6.45, 7) is 3.84. The predicted octanol–water partition coefficient (Wildman–Crippen LogP) is 4.43. The Morgan fingerprint density at radius 2 is 1.85 bits per heavy atom. The van der Waals surface area contributed by atoms with Crippen LogP contribution in [-0.2, 0) is 6.54 Å². The minimum Gasteiger partial charge on any atom is -0.398 e. The van der Waals surface area contributed by atoms with Crippen molar-refractivity contribution in [3.8, 4) is 22.4 Å². The van der Waals surface area contributed by atoms with Gasteiger partial charge in [-0.2, -0.15) is 0 Å². The van der Waals surface area contributed by atoms with Gasteiger partial charge < -0.3 is 11.5 Å². The van der Waals surface area contributed by atoms with E-state index < -0.39 is 5.82 Å². The molecular weight excluding hydrogens is 341 g/mol. The van der Waals surface area contributed by atoms with E-state index in [1.165, 1.54) is 6.07 Å². The number of carbonyl (C=O) groups is 1. The molecule has 0 spiro atoms. The third kappa shape index (κ3) is 3.73. The van der Waals surface area contributed by atoms with Gasteiger partial charge in [-0.05, 0) is 47.5 Å². The second-order valence-corrected chi connectivity index (χ2v) is 6.73. The van der Waals surface area contributed by atoms with Gasteiger partial charge in [-0.1, -0.05) is 26.0 Å². The number of nitrogen functional groups attached to an aromatic ring is 1. The van der Waals surface area contributed by atoms with Gasteiger partial charge in [0.05, 0.1) is 11.3 Å². The first kappa shape index (κ1) is 18.7. The van der Waals surface area contributed by atoms with Crippen molar-refractivity contribution in [2.24, 2.45) is 11.7 Å². The third-order valence-electron chi connectivity index (χ3n) is 4.51. The Bertz CT molecular complexity index is 999. The van der Waals surface area contributed by atoms with Gasteiger partial charge in [0.1, 0.15) is 5.82 Å². The van der Waals surface area contributed by atoms with Crippen LogP contribution in [0.4, 0.5) is 10.1 Å². The number of ketones is 1. The maximum atomic E-state index is 14.2. The van der Waals surface area contributed by atoms with Crippen LogP contribution < -0.4 is 11.5 Å². The highest BCUT2D eigenvalue weighted by atomic mass is 19.1. The molecule has 0 amide bonds. The number of benzene rings is 2. The van der Waals surface area contributed by atoms with Crippen molar-refractivity contribution in [3.63, 3.8) is 0 Å². The molecule has 3 rings (SSSR count). The van der Waals surface area contributed by atoms with Gasteiger partial charge in [0.15, 0.2) is 5.78 Å². The van der Waals surface area contributed by atoms with Gasteiger partial charge in [0.2, 0.25) is 0 Å². The third-order valence-corrected chi connectivity index (χ3v) is 4.51. The number of aromatic nitrogens is 1. The minimum atomic E-state index is -0.521. The van der Waals surface area contributed by atoms with Crippen LogP contribution >= 0.6 is 0 Å². The Morgan fingerprint density at radius 1 is 1.11 bits per heavy atom. The molecule has 0 radical (unpaired) electrons. The van der Waals surface area contributed by atoms with Crippen molar-refractivity contribution in [2.75, 3.05) is 5.73 Å². The monoisotopic (exact) mass is 363 g/mol. The predicted molar refractivity (Wildman–Crippen MR) is 107 cm³/mol. The molecule has 0 fully saturated rings. The van der Waals surface area contributed by atoms with Gasteiger partial charge in [-0.15, -0.1) is 0 Å². The highest BCUT2D eigenvalue weighted by Gasteiger charge is 2.18. The van der Waals surface area contributed by atoms with Crippen LogP contribution in [0.5, 0.6) is 0 Å². The topological polar surface area (TPSA) is 82.0 Å². The molecule has 4 nitrogen and oxygen atoms in total. The van der Waals surface area contributed by atoms with Crippen molar-refractivity contribution in [1.29, 1.82) is 0 Å². The summed E-state index contributed by atoms with van der Waals surface area (Å²) in [6, 6.07) is 13.9. The fraction of sp³-hybridized carbons (Fsp3) is 0.182. The Morgan fingerprint density at radius 3 is 2.56 bits per heavy atom. The van der Waals surface area contributed by atoms with Gasteiger partial charge in [-0.3, -0.25) is 9.78 Å². The Balaban J connectivity index is 2.15. The summed E-state index contributed by atoms with van der Waals surface area (Å²) < 4.78 is 14.2. The summed E-state index contributed by atoms with van der Waals surface area (Å²) >= 11 is 0. The fourth-order valence-corrected chi connectivity index (χ4v) is 2.99. The lowest BCUT2D eigenvalue weighted by Gasteiger charge is -2.13. The molecule has 1 heterocycles. The van der Waals surface area contributed by atoms with Crippen LogP contribution in [0.25, 0.3) is 22.4 Å². The van der Waals surface area contributed by atoms with E-state index in [0.717, 1.165) is 16.7 Å². The van der Waals surface area contributed by atoms with Crippen molar-refractivity contribution in [3.05, 3.63) is 71.7 Å². The zero-order chi connectivity index (χ0) is 19.6. The quantitative estimate of drug-likeness (QED) is 0.519. The smallest absolute Gasteiger partial charge is 0.168 e. The van der Waals surface area contributed by atoms with E-state index in [1.807, 2.05) is 30.3 Å². The zero-order valence-electron chi connectivity index (χ0n) is 15.4. The van der Waals surface area contributed by atoms with Crippen LogP contribution in [-0.4, -0.2) is 10.8 Å². The van der Waals surface area contributed by atoms with Crippen molar-refractivity contribution in [2.45, 2.75) is 20.4 Å². The number of carbonyl (C=O) groups excluding carboxylic acids is 1. The summed E-state index contributed by atoms with van der Waals surface area (Å²) in [5, 5.41) is 0. The molecule has 1 aromatic heterocycles. The van der Waals surface area contributed by atoms with E-state index in [1.54, 1.807) is 32.2 Å². The van der Waals surface area contributed by atoms with Crippen LogP contribution in [0.2, 0.25) is 0 Å². The first-order valence-corrected chi connectivity index (χ1v) is 8.80. The first-order valence-electron chi connectivity index (χ1n) is 8.80. The van der Waals surface area contributed by atoms with Crippen molar-refractivity contribution in [1.82, 2.24) is 4.98 Å². The summed E-state index contributed by atoms with van der Waals surface area (Å²) in [5.74, 6) is -1.04. The highest BCUT2D eigenvalue weighted by Crippen LogP contribution is 2.33. The molecule has 3 aromatic rings. The van der Waals surface area contributed by atoms with Crippen molar-refractivity contribution >= 4 is 11.5 Å². The van der Waals surface area contributed by atoms with Crippen LogP contribution in [0.3, 0.4) is 0 Å². The molecule has 5 heteroatoms. The van der Waals surface area contributed by atoms with E-state index in [0.29, 0.717) is 23.5 Å². The molecule has 4 N–H and O–H groups in total. The zero-order valence-corrected chi connectivity index (χ0v) is 15.4. The highest BCUT2D eigenvalue weighted by molar-refractivity contribution is 5.99. The molecule has 138 valence electrons. The number of hydrogen-bond acceptors (Lipinski definition) is 4. The lowest BCUT2D eigenvalue weighted by molar-refractivity contribution is 0.0935. The summed E-state index contributed by atoms with van der Waals surface area (Å²) in [4.78, 5) is 16.8. The second-order valence-electron chi connectivity index (χ2n) is 6.73. The Kier molecular flexibility index (Phi) is 5.33. The summed E-state index contributed by atoms with van der Waals surface area (Å²) in [6.07, 6.45) is 1.67. The molecule has 27 heavy (non-hydrogen) atoms. The normalized spacial score (nSPS) is 11.0. The van der Waals surface area contributed by atoms with Gasteiger partial charge >= 0.3 is 0 Å². The lowest BCUT2D eigenvalue weighted by Crippen LogP contribution is -2.10. The average molecular weight is 363 g/mol. The van der Waals surface area contributed by atoms with Gasteiger partial charge in [-0.25, -0.2) is 4.39 Å². The van der Waals surface area contributed by atoms with Gasteiger partial charge in [0, 0.05) is 35.5 Å². The summed E-state index contributed by atoms with van der Waals surface area (Å²) in [7, 11) is 0. The lowest BCUT2D eigenvalue weighted by atomic mass is 9.94. The van der Waals surface area contributed by atoms with E-state index in [4.69, 9.17) is 11.5 Å². The SMILES string of the molecule is CC(C)C(=O)c1cc(-c2ncccc2-c2ccc(N)c(CN)c2)ccc1F. The number of pyridine rings is 1.